The average Bonchev–Trinajstić information content (AvgIpc) is 2.80. The van der Waals surface area contributed by atoms with Crippen LogP contribution in [-0.2, 0) is 6.54 Å². The van der Waals surface area contributed by atoms with Crippen LogP contribution in [0, 0.1) is 6.92 Å². The molecule has 0 fully saturated rings. The van der Waals surface area contributed by atoms with Crippen molar-refractivity contribution >= 4 is 34.0 Å². The number of rotatable bonds is 5. The van der Waals surface area contributed by atoms with Crippen molar-refractivity contribution in [2.45, 2.75) is 20.4 Å². The third kappa shape index (κ3) is 4.13. The van der Waals surface area contributed by atoms with E-state index >= 15 is 0 Å². The second-order valence-electron chi connectivity index (χ2n) is 7.34. The smallest absolute Gasteiger partial charge is 0.276 e. The molecular weight excluding hydrogens is 404 g/mol. The Kier molecular flexibility index (Phi) is 5.81. The molecule has 0 saturated heterocycles. The largest absolute Gasteiger partial charge is 0.322 e. The number of amides is 2. The number of hydrogen-bond acceptors (Lipinski definition) is 4. The van der Waals surface area contributed by atoms with Gasteiger partial charge in [0.2, 0.25) is 0 Å². The molecule has 0 aliphatic heterocycles. The highest BCUT2D eigenvalue weighted by molar-refractivity contribution is 6.15. The molecule has 0 bridgehead atoms. The Morgan fingerprint density at radius 1 is 0.875 bits per heavy atom. The van der Waals surface area contributed by atoms with Gasteiger partial charge in [-0.2, -0.15) is 5.10 Å². The van der Waals surface area contributed by atoms with Gasteiger partial charge >= 0.3 is 0 Å². The van der Waals surface area contributed by atoms with E-state index in [2.05, 4.69) is 15.7 Å². The van der Waals surface area contributed by atoms with Crippen LogP contribution < -0.4 is 16.2 Å². The van der Waals surface area contributed by atoms with Crippen molar-refractivity contribution in [3.8, 4) is 0 Å². The Hall–Kier alpha value is -4.26. The van der Waals surface area contributed by atoms with Gasteiger partial charge in [-0.3, -0.25) is 14.4 Å². The fourth-order valence-corrected chi connectivity index (χ4v) is 3.51. The molecule has 0 aliphatic rings. The molecule has 1 aromatic heterocycles. The highest BCUT2D eigenvalue weighted by Crippen LogP contribution is 2.20. The van der Waals surface area contributed by atoms with E-state index in [4.69, 9.17) is 0 Å². The van der Waals surface area contributed by atoms with Gasteiger partial charge in [0.15, 0.2) is 5.69 Å². The summed E-state index contributed by atoms with van der Waals surface area (Å²) >= 11 is 0. The molecule has 1 heterocycles. The lowest BCUT2D eigenvalue weighted by Crippen LogP contribution is -2.27. The summed E-state index contributed by atoms with van der Waals surface area (Å²) in [6, 6.07) is 21.1. The lowest BCUT2D eigenvalue weighted by atomic mass is 10.1. The normalized spacial score (nSPS) is 10.7. The predicted octanol–water partition coefficient (Wildman–Crippen LogP) is 4.23. The monoisotopic (exact) mass is 426 g/mol. The van der Waals surface area contributed by atoms with E-state index in [0.29, 0.717) is 34.3 Å². The zero-order valence-electron chi connectivity index (χ0n) is 17.8. The van der Waals surface area contributed by atoms with E-state index in [0.717, 1.165) is 5.56 Å². The molecule has 0 saturated carbocycles. The zero-order chi connectivity index (χ0) is 22.7. The molecule has 0 atom stereocenters. The number of carbonyl (C=O) groups is 2. The van der Waals surface area contributed by atoms with Crippen molar-refractivity contribution in [1.29, 1.82) is 0 Å². The third-order valence-electron chi connectivity index (χ3n) is 5.08. The standard InChI is InChI=1S/C25H22N4O3/c1-3-29-25(32)19-12-5-4-11-18(19)22(28-29)24(31)27-21-14-7-6-13-20(21)23(30)26-17-10-8-9-16(2)15-17/h4-15H,3H2,1-2H3,(H,26,30)(H,27,31). The van der Waals surface area contributed by atoms with Crippen molar-refractivity contribution in [3.63, 3.8) is 0 Å². The minimum Gasteiger partial charge on any atom is -0.322 e. The number of anilines is 2. The minimum atomic E-state index is -0.501. The molecule has 2 amide bonds. The SMILES string of the molecule is CCn1nc(C(=O)Nc2ccccc2C(=O)Nc2cccc(C)c2)c2ccccc2c1=O. The first-order chi connectivity index (χ1) is 15.5. The Balaban J connectivity index is 1.68. The van der Waals surface area contributed by atoms with Crippen LogP contribution in [-0.4, -0.2) is 21.6 Å². The van der Waals surface area contributed by atoms with Crippen LogP contribution in [0.4, 0.5) is 11.4 Å². The highest BCUT2D eigenvalue weighted by Gasteiger charge is 2.19. The summed E-state index contributed by atoms with van der Waals surface area (Å²) in [6.07, 6.45) is 0. The molecular formula is C25H22N4O3. The van der Waals surface area contributed by atoms with E-state index < -0.39 is 5.91 Å². The number of nitrogens with one attached hydrogen (secondary N) is 2. The number of fused-ring (bicyclic) bond motifs is 1. The quantitative estimate of drug-likeness (QED) is 0.499. The van der Waals surface area contributed by atoms with Gasteiger partial charge in [-0.05, 0) is 49.7 Å². The first-order valence-electron chi connectivity index (χ1n) is 10.3. The second-order valence-corrected chi connectivity index (χ2v) is 7.34. The van der Waals surface area contributed by atoms with Crippen molar-refractivity contribution in [3.05, 3.63) is 100.0 Å². The summed E-state index contributed by atoms with van der Waals surface area (Å²) in [5.41, 5.74) is 2.22. The summed E-state index contributed by atoms with van der Waals surface area (Å²) in [7, 11) is 0. The number of aryl methyl sites for hydroxylation is 2. The molecule has 0 spiro atoms. The predicted molar refractivity (Wildman–Crippen MR) is 125 cm³/mol. The summed E-state index contributed by atoms with van der Waals surface area (Å²) in [6.45, 7) is 4.06. The molecule has 32 heavy (non-hydrogen) atoms. The second kappa shape index (κ2) is 8.85. The van der Waals surface area contributed by atoms with Crippen LogP contribution in [0.2, 0.25) is 0 Å². The van der Waals surface area contributed by atoms with Crippen LogP contribution in [0.25, 0.3) is 10.8 Å². The van der Waals surface area contributed by atoms with E-state index in [1.807, 2.05) is 25.1 Å². The van der Waals surface area contributed by atoms with Crippen LogP contribution in [0.1, 0.15) is 33.3 Å². The maximum Gasteiger partial charge on any atom is 0.276 e. The summed E-state index contributed by atoms with van der Waals surface area (Å²) in [5, 5.41) is 10.8. The molecule has 7 nitrogen and oxygen atoms in total. The van der Waals surface area contributed by atoms with Gasteiger partial charge in [0.1, 0.15) is 0 Å². The topological polar surface area (TPSA) is 93.1 Å². The molecule has 0 unspecified atom stereocenters. The van der Waals surface area contributed by atoms with Crippen LogP contribution in [0.15, 0.2) is 77.6 Å². The van der Waals surface area contributed by atoms with Gasteiger partial charge < -0.3 is 10.6 Å². The summed E-state index contributed by atoms with van der Waals surface area (Å²) in [5.74, 6) is -0.845. The van der Waals surface area contributed by atoms with Gasteiger partial charge in [0, 0.05) is 17.6 Å². The lowest BCUT2D eigenvalue weighted by Gasteiger charge is -2.13. The van der Waals surface area contributed by atoms with E-state index in [1.54, 1.807) is 61.5 Å². The molecule has 0 aliphatic carbocycles. The Labute approximate surface area is 184 Å². The molecule has 4 aromatic rings. The molecule has 0 radical (unpaired) electrons. The van der Waals surface area contributed by atoms with Gasteiger partial charge in [-0.1, -0.05) is 42.5 Å². The van der Waals surface area contributed by atoms with Crippen molar-refractivity contribution < 1.29 is 9.59 Å². The van der Waals surface area contributed by atoms with Crippen molar-refractivity contribution in [2.75, 3.05) is 10.6 Å². The molecule has 3 aromatic carbocycles. The third-order valence-corrected chi connectivity index (χ3v) is 5.08. The van der Waals surface area contributed by atoms with E-state index in [9.17, 15) is 14.4 Å². The van der Waals surface area contributed by atoms with Gasteiger partial charge in [0.05, 0.1) is 16.6 Å². The van der Waals surface area contributed by atoms with Crippen LogP contribution >= 0.6 is 0 Å². The Morgan fingerprint density at radius 3 is 2.34 bits per heavy atom. The summed E-state index contributed by atoms with van der Waals surface area (Å²) in [4.78, 5) is 38.6. The molecule has 2 N–H and O–H groups in total. The fourth-order valence-electron chi connectivity index (χ4n) is 3.51. The Bertz CT molecular complexity index is 1390. The van der Waals surface area contributed by atoms with Crippen LogP contribution in [0.5, 0.6) is 0 Å². The van der Waals surface area contributed by atoms with Gasteiger partial charge in [-0.15, -0.1) is 0 Å². The number of carbonyl (C=O) groups excluding carboxylic acids is 2. The average molecular weight is 426 g/mol. The Morgan fingerprint density at radius 2 is 1.59 bits per heavy atom. The van der Waals surface area contributed by atoms with Crippen molar-refractivity contribution in [2.24, 2.45) is 0 Å². The number of nitrogens with zero attached hydrogens (tertiary/aromatic N) is 2. The maximum absolute atomic E-state index is 13.2. The van der Waals surface area contributed by atoms with Gasteiger partial charge in [-0.25, -0.2) is 4.68 Å². The van der Waals surface area contributed by atoms with Crippen molar-refractivity contribution in [1.82, 2.24) is 9.78 Å². The van der Waals surface area contributed by atoms with E-state index in [1.165, 1.54) is 4.68 Å². The fraction of sp³-hybridized carbons (Fsp3) is 0.120. The maximum atomic E-state index is 13.2. The zero-order valence-corrected chi connectivity index (χ0v) is 17.8. The van der Waals surface area contributed by atoms with Crippen LogP contribution in [0.3, 0.4) is 0 Å². The molecule has 160 valence electrons. The number of aromatic nitrogens is 2. The lowest BCUT2D eigenvalue weighted by molar-refractivity contribution is 0.102. The molecule has 7 heteroatoms. The van der Waals surface area contributed by atoms with E-state index in [-0.39, 0.29) is 17.2 Å². The van der Waals surface area contributed by atoms with Gasteiger partial charge in [0.25, 0.3) is 17.4 Å². The molecule has 4 rings (SSSR count). The number of hydrogen-bond donors (Lipinski definition) is 2. The number of benzene rings is 3. The minimum absolute atomic E-state index is 0.121. The highest BCUT2D eigenvalue weighted by atomic mass is 16.2. The number of para-hydroxylation sites is 1. The first kappa shape index (κ1) is 21.0. The summed E-state index contributed by atoms with van der Waals surface area (Å²) < 4.78 is 1.26. The first-order valence-corrected chi connectivity index (χ1v) is 10.3.